The Kier molecular flexibility index (Phi) is 5.71. The first-order chi connectivity index (χ1) is 12.1. The van der Waals surface area contributed by atoms with Gasteiger partial charge in [0.15, 0.2) is 0 Å². The Bertz CT molecular complexity index is 693. The molecular weight excluding hydrogens is 310 g/mol. The molecule has 0 aliphatic carbocycles. The minimum absolute atomic E-state index is 0.181. The molecule has 1 saturated heterocycles. The molecule has 1 atom stereocenters. The minimum Gasteiger partial charge on any atom is -0.374 e. The standard InChI is InChI=1S/C21H27N3O/c1-17-7-6-10-20(15-17)22-18(2)21(25)24-13-11-23(12-14-24)16-19-8-4-3-5-9-19/h3-10,15,18,22H,11-14,16H2,1-2H3/t18-/m0/s1. The SMILES string of the molecule is Cc1cccc(N[C@@H](C)C(=O)N2CCN(Cc3ccccc3)CC2)c1. The van der Waals surface area contributed by atoms with Crippen LogP contribution in [0.3, 0.4) is 0 Å². The van der Waals surface area contributed by atoms with E-state index in [0.29, 0.717) is 0 Å². The number of nitrogens with one attached hydrogen (secondary N) is 1. The highest BCUT2D eigenvalue weighted by Crippen LogP contribution is 2.13. The van der Waals surface area contributed by atoms with E-state index in [0.717, 1.165) is 38.4 Å². The van der Waals surface area contributed by atoms with Crippen LogP contribution in [0.4, 0.5) is 5.69 Å². The first-order valence-electron chi connectivity index (χ1n) is 9.00. The topological polar surface area (TPSA) is 35.6 Å². The predicted octanol–water partition coefficient (Wildman–Crippen LogP) is 3.14. The van der Waals surface area contributed by atoms with Gasteiger partial charge in [0.1, 0.15) is 6.04 Å². The average molecular weight is 337 g/mol. The van der Waals surface area contributed by atoms with E-state index in [1.165, 1.54) is 11.1 Å². The lowest BCUT2D eigenvalue weighted by atomic mass is 10.1. The summed E-state index contributed by atoms with van der Waals surface area (Å²) in [6, 6.07) is 18.5. The normalized spacial score (nSPS) is 16.5. The molecule has 0 aromatic heterocycles. The van der Waals surface area contributed by atoms with Crippen molar-refractivity contribution < 1.29 is 4.79 Å². The van der Waals surface area contributed by atoms with Crippen molar-refractivity contribution in [2.75, 3.05) is 31.5 Å². The van der Waals surface area contributed by atoms with Crippen molar-refractivity contribution in [1.29, 1.82) is 0 Å². The molecule has 1 heterocycles. The van der Waals surface area contributed by atoms with Gasteiger partial charge in [-0.15, -0.1) is 0 Å². The monoisotopic (exact) mass is 337 g/mol. The fourth-order valence-corrected chi connectivity index (χ4v) is 3.29. The number of carbonyl (C=O) groups excluding carboxylic acids is 1. The van der Waals surface area contributed by atoms with Gasteiger partial charge in [0.25, 0.3) is 0 Å². The third kappa shape index (κ3) is 4.83. The van der Waals surface area contributed by atoms with Gasteiger partial charge in [-0.1, -0.05) is 42.5 Å². The maximum Gasteiger partial charge on any atom is 0.244 e. The van der Waals surface area contributed by atoms with Crippen LogP contribution < -0.4 is 5.32 Å². The summed E-state index contributed by atoms with van der Waals surface area (Å²) in [5.74, 6) is 0.181. The van der Waals surface area contributed by atoms with Gasteiger partial charge in [-0.05, 0) is 37.1 Å². The fourth-order valence-electron chi connectivity index (χ4n) is 3.29. The Labute approximate surface area is 150 Å². The molecule has 1 N–H and O–H groups in total. The molecule has 0 saturated carbocycles. The Morgan fingerprint density at radius 3 is 2.44 bits per heavy atom. The van der Waals surface area contributed by atoms with Crippen LogP contribution in [0.5, 0.6) is 0 Å². The van der Waals surface area contributed by atoms with Gasteiger partial charge in [-0.25, -0.2) is 0 Å². The summed E-state index contributed by atoms with van der Waals surface area (Å²) < 4.78 is 0. The molecule has 0 radical (unpaired) electrons. The number of nitrogens with zero attached hydrogens (tertiary/aromatic N) is 2. The van der Waals surface area contributed by atoms with E-state index in [9.17, 15) is 4.79 Å². The number of anilines is 1. The number of benzene rings is 2. The summed E-state index contributed by atoms with van der Waals surface area (Å²) in [5.41, 5.74) is 3.53. The zero-order chi connectivity index (χ0) is 17.6. The molecule has 0 spiro atoms. The average Bonchev–Trinajstić information content (AvgIpc) is 2.62. The second-order valence-corrected chi connectivity index (χ2v) is 6.82. The molecule has 2 aromatic rings. The summed E-state index contributed by atoms with van der Waals surface area (Å²) in [6.07, 6.45) is 0. The number of amides is 1. The first-order valence-corrected chi connectivity index (χ1v) is 9.00. The smallest absolute Gasteiger partial charge is 0.244 e. The lowest BCUT2D eigenvalue weighted by Gasteiger charge is -2.36. The fraction of sp³-hybridized carbons (Fsp3) is 0.381. The third-order valence-electron chi connectivity index (χ3n) is 4.70. The number of aryl methyl sites for hydroxylation is 1. The van der Waals surface area contributed by atoms with Gasteiger partial charge < -0.3 is 10.2 Å². The zero-order valence-electron chi connectivity index (χ0n) is 15.1. The van der Waals surface area contributed by atoms with Crippen molar-refractivity contribution in [1.82, 2.24) is 9.80 Å². The van der Waals surface area contributed by atoms with Gasteiger partial charge in [-0.3, -0.25) is 9.69 Å². The van der Waals surface area contributed by atoms with Crippen molar-refractivity contribution in [3.05, 3.63) is 65.7 Å². The van der Waals surface area contributed by atoms with E-state index in [2.05, 4.69) is 53.5 Å². The van der Waals surface area contributed by atoms with Gasteiger partial charge in [0, 0.05) is 38.4 Å². The van der Waals surface area contributed by atoms with E-state index in [-0.39, 0.29) is 11.9 Å². The Morgan fingerprint density at radius 2 is 1.76 bits per heavy atom. The molecule has 1 aliphatic rings. The minimum atomic E-state index is -0.206. The molecule has 3 rings (SSSR count). The summed E-state index contributed by atoms with van der Waals surface area (Å²) in [5, 5.41) is 3.33. The maximum absolute atomic E-state index is 12.7. The second kappa shape index (κ2) is 8.17. The molecule has 25 heavy (non-hydrogen) atoms. The van der Waals surface area contributed by atoms with E-state index in [1.807, 2.05) is 30.0 Å². The lowest BCUT2D eigenvalue weighted by molar-refractivity contribution is -0.133. The van der Waals surface area contributed by atoms with Crippen LogP contribution in [0, 0.1) is 6.92 Å². The molecular formula is C21H27N3O. The van der Waals surface area contributed by atoms with Crippen molar-refractivity contribution >= 4 is 11.6 Å². The summed E-state index contributed by atoms with van der Waals surface area (Å²) in [7, 11) is 0. The highest BCUT2D eigenvalue weighted by molar-refractivity contribution is 5.84. The van der Waals surface area contributed by atoms with Crippen molar-refractivity contribution in [2.45, 2.75) is 26.4 Å². The molecule has 0 unspecified atom stereocenters. The maximum atomic E-state index is 12.7. The molecule has 1 amide bonds. The third-order valence-corrected chi connectivity index (χ3v) is 4.70. The van der Waals surface area contributed by atoms with Gasteiger partial charge in [0.05, 0.1) is 0 Å². The summed E-state index contributed by atoms with van der Waals surface area (Å²) >= 11 is 0. The van der Waals surface area contributed by atoms with E-state index >= 15 is 0 Å². The van der Waals surface area contributed by atoms with Crippen LogP contribution in [0.25, 0.3) is 0 Å². The Morgan fingerprint density at radius 1 is 1.04 bits per heavy atom. The molecule has 4 nitrogen and oxygen atoms in total. The van der Waals surface area contributed by atoms with E-state index < -0.39 is 0 Å². The van der Waals surface area contributed by atoms with Gasteiger partial charge in [-0.2, -0.15) is 0 Å². The quantitative estimate of drug-likeness (QED) is 0.910. The molecule has 1 aliphatic heterocycles. The first kappa shape index (κ1) is 17.5. The van der Waals surface area contributed by atoms with Gasteiger partial charge >= 0.3 is 0 Å². The van der Waals surface area contributed by atoms with Crippen LogP contribution in [-0.2, 0) is 11.3 Å². The summed E-state index contributed by atoms with van der Waals surface area (Å²) in [4.78, 5) is 17.1. The number of carbonyl (C=O) groups is 1. The van der Waals surface area contributed by atoms with Crippen molar-refractivity contribution in [2.24, 2.45) is 0 Å². The molecule has 0 bridgehead atoms. The van der Waals surface area contributed by atoms with Crippen LogP contribution in [-0.4, -0.2) is 47.9 Å². The Hall–Kier alpha value is -2.33. The molecule has 1 fully saturated rings. The van der Waals surface area contributed by atoms with Crippen LogP contribution >= 0.6 is 0 Å². The molecule has 4 heteroatoms. The van der Waals surface area contributed by atoms with Crippen LogP contribution in [0.15, 0.2) is 54.6 Å². The van der Waals surface area contributed by atoms with Crippen molar-refractivity contribution in [3.63, 3.8) is 0 Å². The highest BCUT2D eigenvalue weighted by atomic mass is 16.2. The summed E-state index contributed by atoms with van der Waals surface area (Å²) in [6.45, 7) is 8.41. The van der Waals surface area contributed by atoms with E-state index in [4.69, 9.17) is 0 Å². The van der Waals surface area contributed by atoms with Crippen LogP contribution in [0.2, 0.25) is 0 Å². The number of hydrogen-bond acceptors (Lipinski definition) is 3. The lowest BCUT2D eigenvalue weighted by Crippen LogP contribution is -2.51. The van der Waals surface area contributed by atoms with E-state index in [1.54, 1.807) is 0 Å². The van der Waals surface area contributed by atoms with Crippen LogP contribution in [0.1, 0.15) is 18.1 Å². The Balaban J connectivity index is 1.49. The number of piperazine rings is 1. The van der Waals surface area contributed by atoms with Gasteiger partial charge in [0.2, 0.25) is 5.91 Å². The molecule has 132 valence electrons. The predicted molar refractivity (Wildman–Crippen MR) is 103 cm³/mol. The number of rotatable bonds is 5. The molecule has 2 aromatic carbocycles. The zero-order valence-corrected chi connectivity index (χ0v) is 15.1. The highest BCUT2D eigenvalue weighted by Gasteiger charge is 2.24. The largest absolute Gasteiger partial charge is 0.374 e. The number of hydrogen-bond donors (Lipinski definition) is 1. The van der Waals surface area contributed by atoms with Crippen molar-refractivity contribution in [3.8, 4) is 0 Å². The second-order valence-electron chi connectivity index (χ2n) is 6.82.